The van der Waals surface area contributed by atoms with E-state index in [1.165, 1.54) is 0 Å². The molecule has 0 aliphatic carbocycles. The van der Waals surface area contributed by atoms with Crippen LogP contribution in [0, 0.1) is 0 Å². The first kappa shape index (κ1) is 15.8. The summed E-state index contributed by atoms with van der Waals surface area (Å²) in [5, 5.41) is 8.68. The van der Waals surface area contributed by atoms with Crippen LogP contribution in [-0.2, 0) is 14.2 Å². The Bertz CT molecular complexity index is 130. The first-order valence-corrected chi connectivity index (χ1v) is 6.26. The molecule has 0 saturated heterocycles. The van der Waals surface area contributed by atoms with Crippen molar-refractivity contribution in [3.63, 3.8) is 0 Å². The Hall–Kier alpha value is -0.160. The average Bonchev–Trinajstić information content (AvgIpc) is 2.31. The molecule has 0 amide bonds. The van der Waals surface area contributed by atoms with E-state index in [1.807, 2.05) is 0 Å². The van der Waals surface area contributed by atoms with E-state index in [2.05, 4.69) is 13.8 Å². The molecule has 0 rings (SSSR count). The van der Waals surface area contributed by atoms with Crippen molar-refractivity contribution >= 4 is 0 Å². The van der Waals surface area contributed by atoms with Gasteiger partial charge in [0.15, 0.2) is 6.29 Å². The van der Waals surface area contributed by atoms with Crippen LogP contribution in [0.15, 0.2) is 0 Å². The second-order valence-electron chi connectivity index (χ2n) is 3.68. The standard InChI is InChI=1S/C12H26O4/c1-3-5-8-14-11-12(16-10-7-13)15-9-6-4-2/h12-13H,3-11H2,1-2H3. The molecule has 4 nitrogen and oxygen atoms in total. The number of hydrogen-bond donors (Lipinski definition) is 1. The molecule has 0 bridgehead atoms. The van der Waals surface area contributed by atoms with Crippen LogP contribution in [0.4, 0.5) is 0 Å². The Kier molecular flexibility index (Phi) is 12.8. The fourth-order valence-electron chi connectivity index (χ4n) is 1.11. The van der Waals surface area contributed by atoms with Crippen molar-refractivity contribution in [1.29, 1.82) is 0 Å². The Morgan fingerprint density at radius 2 is 1.56 bits per heavy atom. The maximum Gasteiger partial charge on any atom is 0.180 e. The van der Waals surface area contributed by atoms with Gasteiger partial charge in [-0.05, 0) is 12.8 Å². The zero-order valence-corrected chi connectivity index (χ0v) is 10.6. The lowest BCUT2D eigenvalue weighted by molar-refractivity contribution is -0.176. The molecule has 98 valence electrons. The minimum absolute atomic E-state index is 0.0165. The predicted octanol–water partition coefficient (Wildman–Crippen LogP) is 1.95. The molecular formula is C12H26O4. The number of ether oxygens (including phenoxy) is 3. The van der Waals surface area contributed by atoms with Gasteiger partial charge >= 0.3 is 0 Å². The van der Waals surface area contributed by atoms with Crippen molar-refractivity contribution in [1.82, 2.24) is 0 Å². The third-order valence-electron chi connectivity index (χ3n) is 2.09. The molecule has 0 spiro atoms. The predicted molar refractivity (Wildman–Crippen MR) is 63.4 cm³/mol. The molecule has 0 fully saturated rings. The monoisotopic (exact) mass is 234 g/mol. The first-order valence-electron chi connectivity index (χ1n) is 6.26. The quantitative estimate of drug-likeness (QED) is 0.414. The van der Waals surface area contributed by atoms with Crippen molar-refractivity contribution in [2.24, 2.45) is 0 Å². The topological polar surface area (TPSA) is 47.9 Å². The number of rotatable bonds is 12. The number of aliphatic hydroxyl groups is 1. The van der Waals surface area contributed by atoms with Gasteiger partial charge in [-0.2, -0.15) is 0 Å². The van der Waals surface area contributed by atoms with Crippen LogP contribution in [-0.4, -0.2) is 44.4 Å². The van der Waals surface area contributed by atoms with Gasteiger partial charge in [-0.25, -0.2) is 0 Å². The minimum Gasteiger partial charge on any atom is -0.394 e. The largest absolute Gasteiger partial charge is 0.394 e. The lowest BCUT2D eigenvalue weighted by Crippen LogP contribution is -2.25. The summed E-state index contributed by atoms with van der Waals surface area (Å²) >= 11 is 0. The Labute approximate surface area is 98.9 Å². The first-order chi connectivity index (χ1) is 7.85. The highest BCUT2D eigenvalue weighted by Gasteiger charge is 2.08. The van der Waals surface area contributed by atoms with Gasteiger partial charge in [0.1, 0.15) is 0 Å². The van der Waals surface area contributed by atoms with Crippen molar-refractivity contribution in [2.45, 2.75) is 45.8 Å². The molecule has 0 aliphatic rings. The molecule has 4 heteroatoms. The van der Waals surface area contributed by atoms with Crippen LogP contribution in [0.2, 0.25) is 0 Å². The molecule has 16 heavy (non-hydrogen) atoms. The molecular weight excluding hydrogens is 208 g/mol. The summed E-state index contributed by atoms with van der Waals surface area (Å²) in [5.41, 5.74) is 0. The summed E-state index contributed by atoms with van der Waals surface area (Å²) in [6, 6.07) is 0. The molecule has 0 aliphatic heterocycles. The summed E-state index contributed by atoms with van der Waals surface area (Å²) < 4.78 is 16.3. The van der Waals surface area contributed by atoms with E-state index in [0.717, 1.165) is 32.3 Å². The van der Waals surface area contributed by atoms with Gasteiger partial charge < -0.3 is 19.3 Å². The van der Waals surface area contributed by atoms with Crippen molar-refractivity contribution in [3.05, 3.63) is 0 Å². The molecule has 0 aromatic rings. The van der Waals surface area contributed by atoms with E-state index >= 15 is 0 Å². The fraction of sp³-hybridized carbons (Fsp3) is 1.00. The lowest BCUT2D eigenvalue weighted by atomic mass is 10.4. The summed E-state index contributed by atoms with van der Waals surface area (Å²) in [6.07, 6.45) is 3.97. The van der Waals surface area contributed by atoms with Crippen LogP contribution >= 0.6 is 0 Å². The maximum atomic E-state index is 8.68. The van der Waals surface area contributed by atoms with E-state index in [9.17, 15) is 0 Å². The zero-order chi connectivity index (χ0) is 12.1. The molecule has 1 N–H and O–H groups in total. The van der Waals surface area contributed by atoms with E-state index in [1.54, 1.807) is 0 Å². The van der Waals surface area contributed by atoms with Gasteiger partial charge in [0.25, 0.3) is 0 Å². The number of hydrogen-bond acceptors (Lipinski definition) is 4. The molecule has 0 heterocycles. The Morgan fingerprint density at radius 3 is 2.19 bits per heavy atom. The summed E-state index contributed by atoms with van der Waals surface area (Å²) in [5.74, 6) is 0. The number of aliphatic hydroxyl groups excluding tert-OH is 1. The van der Waals surface area contributed by atoms with E-state index in [-0.39, 0.29) is 12.9 Å². The third kappa shape index (κ3) is 10.4. The lowest BCUT2D eigenvalue weighted by Gasteiger charge is -2.18. The van der Waals surface area contributed by atoms with Crippen LogP contribution in [0.5, 0.6) is 0 Å². The SMILES string of the molecule is CCCCOCC(OCCO)OCCCC. The fourth-order valence-corrected chi connectivity index (χ4v) is 1.11. The van der Waals surface area contributed by atoms with Gasteiger partial charge in [-0.1, -0.05) is 26.7 Å². The van der Waals surface area contributed by atoms with Crippen LogP contribution in [0.1, 0.15) is 39.5 Å². The Morgan fingerprint density at radius 1 is 0.938 bits per heavy atom. The molecule has 1 atom stereocenters. The molecule has 0 aromatic heterocycles. The number of unbranched alkanes of at least 4 members (excludes halogenated alkanes) is 2. The van der Waals surface area contributed by atoms with Crippen molar-refractivity contribution < 1.29 is 19.3 Å². The summed E-state index contributed by atoms with van der Waals surface area (Å²) in [7, 11) is 0. The molecule has 0 radical (unpaired) electrons. The molecule has 0 saturated carbocycles. The smallest absolute Gasteiger partial charge is 0.180 e. The van der Waals surface area contributed by atoms with Gasteiger partial charge in [-0.15, -0.1) is 0 Å². The summed E-state index contributed by atoms with van der Waals surface area (Å²) in [6.45, 7) is 6.43. The highest BCUT2D eigenvalue weighted by Crippen LogP contribution is 2.00. The van der Waals surface area contributed by atoms with E-state index in [0.29, 0.717) is 19.8 Å². The minimum atomic E-state index is -0.337. The van der Waals surface area contributed by atoms with Crippen molar-refractivity contribution in [2.75, 3.05) is 33.0 Å². The van der Waals surface area contributed by atoms with Crippen LogP contribution < -0.4 is 0 Å². The molecule has 1 unspecified atom stereocenters. The van der Waals surface area contributed by atoms with Gasteiger partial charge in [0.2, 0.25) is 0 Å². The van der Waals surface area contributed by atoms with Gasteiger partial charge in [0, 0.05) is 13.2 Å². The van der Waals surface area contributed by atoms with Crippen LogP contribution in [0.3, 0.4) is 0 Å². The summed E-state index contributed by atoms with van der Waals surface area (Å²) in [4.78, 5) is 0. The van der Waals surface area contributed by atoms with E-state index in [4.69, 9.17) is 19.3 Å². The molecule has 0 aromatic carbocycles. The van der Waals surface area contributed by atoms with Gasteiger partial charge in [-0.3, -0.25) is 0 Å². The van der Waals surface area contributed by atoms with Gasteiger partial charge in [0.05, 0.1) is 19.8 Å². The highest BCUT2D eigenvalue weighted by atomic mass is 16.7. The maximum absolute atomic E-state index is 8.68. The second-order valence-corrected chi connectivity index (χ2v) is 3.68. The second kappa shape index (κ2) is 12.9. The van der Waals surface area contributed by atoms with E-state index < -0.39 is 0 Å². The normalized spacial score (nSPS) is 12.9. The third-order valence-corrected chi connectivity index (χ3v) is 2.09. The van der Waals surface area contributed by atoms with Crippen LogP contribution in [0.25, 0.3) is 0 Å². The van der Waals surface area contributed by atoms with Crippen molar-refractivity contribution in [3.8, 4) is 0 Å². The highest BCUT2D eigenvalue weighted by molar-refractivity contribution is 4.44. The average molecular weight is 234 g/mol. The zero-order valence-electron chi connectivity index (χ0n) is 10.6. The Balaban J connectivity index is 3.54.